The Labute approximate surface area is 106 Å². The van der Waals surface area contributed by atoms with Crippen LogP contribution in [0.1, 0.15) is 17.2 Å². The number of carboxylic acid groups (broad SMARTS) is 1. The Morgan fingerprint density at radius 2 is 2.00 bits per heavy atom. The first kappa shape index (κ1) is 13.7. The Balaban J connectivity index is 3.01. The maximum Gasteiger partial charge on any atom is 0.337 e. The van der Waals surface area contributed by atoms with Crippen molar-refractivity contribution >= 4 is 33.4 Å². The van der Waals surface area contributed by atoms with Crippen LogP contribution in [-0.4, -0.2) is 27.3 Å². The summed E-state index contributed by atoms with van der Waals surface area (Å²) in [6.45, 7) is 0. The van der Waals surface area contributed by atoms with Gasteiger partial charge in [0.15, 0.2) is 6.10 Å². The van der Waals surface area contributed by atoms with Gasteiger partial charge in [0.2, 0.25) is 0 Å². The van der Waals surface area contributed by atoms with E-state index in [1.54, 1.807) is 6.07 Å². The highest BCUT2D eigenvalue weighted by Crippen LogP contribution is 2.19. The molecule has 0 fully saturated rings. The number of carboxylic acids is 1. The van der Waals surface area contributed by atoms with Crippen molar-refractivity contribution in [2.45, 2.75) is 12.5 Å². The molecule has 0 bridgehead atoms. The van der Waals surface area contributed by atoms with E-state index >= 15 is 0 Å². The summed E-state index contributed by atoms with van der Waals surface area (Å²) in [6, 6.07) is 4.43. The highest BCUT2D eigenvalue weighted by molar-refractivity contribution is 9.09. The number of Topliss-reactive ketones (excluding diaryl/α,β-unsaturated/α-hetero) is 1. The number of anilines is 1. The van der Waals surface area contributed by atoms with Crippen molar-refractivity contribution in [1.82, 2.24) is 0 Å². The first-order chi connectivity index (χ1) is 7.93. The predicted octanol–water partition coefficient (Wildman–Crippen LogP) is 0.893. The summed E-state index contributed by atoms with van der Waals surface area (Å²) < 4.78 is 0. The number of aliphatic hydroxyl groups is 1. The van der Waals surface area contributed by atoms with Gasteiger partial charge in [-0.2, -0.15) is 0 Å². The molecular weight excluding hydrogens is 290 g/mol. The highest BCUT2D eigenvalue weighted by Gasteiger charge is 2.17. The van der Waals surface area contributed by atoms with E-state index in [1.165, 1.54) is 12.1 Å². The normalized spacial score (nSPS) is 12.1. The SMILES string of the molecule is Nc1cc(CC(=O)CBr)cc(C(O)C(=O)O)c1. The first-order valence-electron chi connectivity index (χ1n) is 4.82. The number of halogens is 1. The summed E-state index contributed by atoms with van der Waals surface area (Å²) in [4.78, 5) is 21.9. The monoisotopic (exact) mass is 301 g/mol. The second-order valence-electron chi connectivity index (χ2n) is 3.60. The Hall–Kier alpha value is -1.40. The lowest BCUT2D eigenvalue weighted by atomic mass is 10.0. The van der Waals surface area contributed by atoms with E-state index in [9.17, 15) is 14.7 Å². The van der Waals surface area contributed by atoms with Crippen molar-refractivity contribution in [2.24, 2.45) is 0 Å². The molecule has 1 aromatic rings. The number of benzene rings is 1. The third-order valence-electron chi connectivity index (χ3n) is 2.14. The Kier molecular flexibility index (Phi) is 4.65. The lowest BCUT2D eigenvalue weighted by Gasteiger charge is -2.09. The van der Waals surface area contributed by atoms with Crippen LogP contribution in [0.4, 0.5) is 5.69 Å². The lowest BCUT2D eigenvalue weighted by Crippen LogP contribution is -2.12. The van der Waals surface area contributed by atoms with E-state index in [0.29, 0.717) is 11.3 Å². The summed E-state index contributed by atoms with van der Waals surface area (Å²) in [5, 5.41) is 18.3. The summed E-state index contributed by atoms with van der Waals surface area (Å²) in [6.07, 6.45) is -1.48. The minimum atomic E-state index is -1.63. The molecule has 1 unspecified atom stereocenters. The molecule has 92 valence electrons. The predicted molar refractivity (Wildman–Crippen MR) is 66.0 cm³/mol. The van der Waals surface area contributed by atoms with E-state index in [1.807, 2.05) is 0 Å². The zero-order chi connectivity index (χ0) is 13.0. The second kappa shape index (κ2) is 5.79. The van der Waals surface area contributed by atoms with Crippen molar-refractivity contribution < 1.29 is 19.8 Å². The van der Waals surface area contributed by atoms with Gasteiger partial charge in [-0.05, 0) is 23.3 Å². The number of carbonyl (C=O) groups is 2. The second-order valence-corrected chi connectivity index (χ2v) is 4.16. The van der Waals surface area contributed by atoms with Gasteiger partial charge in [-0.3, -0.25) is 4.79 Å². The Morgan fingerprint density at radius 3 is 2.53 bits per heavy atom. The van der Waals surface area contributed by atoms with Crippen molar-refractivity contribution in [2.75, 3.05) is 11.1 Å². The Bertz CT molecular complexity index is 447. The minimum Gasteiger partial charge on any atom is -0.479 e. The average Bonchev–Trinajstić information content (AvgIpc) is 2.26. The average molecular weight is 302 g/mol. The van der Waals surface area contributed by atoms with Crippen LogP contribution in [0.15, 0.2) is 18.2 Å². The van der Waals surface area contributed by atoms with E-state index in [-0.39, 0.29) is 23.1 Å². The van der Waals surface area contributed by atoms with E-state index < -0.39 is 12.1 Å². The number of nitrogens with two attached hydrogens (primary N) is 1. The summed E-state index contributed by atoms with van der Waals surface area (Å²) in [7, 11) is 0. The quantitative estimate of drug-likeness (QED) is 0.554. The van der Waals surface area contributed by atoms with Gasteiger partial charge >= 0.3 is 5.97 Å². The number of ketones is 1. The number of aliphatic hydroxyl groups excluding tert-OH is 1. The van der Waals surface area contributed by atoms with Crippen LogP contribution in [0.3, 0.4) is 0 Å². The topological polar surface area (TPSA) is 101 Å². The molecule has 5 nitrogen and oxygen atoms in total. The fourth-order valence-electron chi connectivity index (χ4n) is 1.42. The molecular formula is C11H12BrNO4. The number of aliphatic carboxylic acids is 1. The van der Waals surface area contributed by atoms with Gasteiger partial charge in [0.05, 0.1) is 5.33 Å². The fraction of sp³-hybridized carbons (Fsp3) is 0.273. The van der Waals surface area contributed by atoms with Gasteiger partial charge in [-0.1, -0.05) is 22.0 Å². The van der Waals surface area contributed by atoms with Crippen molar-refractivity contribution in [3.63, 3.8) is 0 Å². The van der Waals surface area contributed by atoms with Crippen LogP contribution in [0.2, 0.25) is 0 Å². The number of nitrogen functional groups attached to an aromatic ring is 1. The third-order valence-corrected chi connectivity index (χ3v) is 2.76. The number of hydrogen-bond donors (Lipinski definition) is 3. The van der Waals surface area contributed by atoms with Crippen molar-refractivity contribution in [3.05, 3.63) is 29.3 Å². The lowest BCUT2D eigenvalue weighted by molar-refractivity contribution is -0.146. The zero-order valence-electron chi connectivity index (χ0n) is 8.89. The van der Waals surface area contributed by atoms with Crippen LogP contribution >= 0.6 is 15.9 Å². The van der Waals surface area contributed by atoms with Crippen molar-refractivity contribution in [3.8, 4) is 0 Å². The molecule has 1 atom stereocenters. The molecule has 0 saturated heterocycles. The van der Waals surface area contributed by atoms with E-state index in [0.717, 1.165) is 0 Å². The van der Waals surface area contributed by atoms with Gasteiger partial charge < -0.3 is 15.9 Å². The van der Waals surface area contributed by atoms with Gasteiger partial charge in [-0.15, -0.1) is 0 Å². The van der Waals surface area contributed by atoms with Gasteiger partial charge in [-0.25, -0.2) is 4.79 Å². The maximum atomic E-state index is 11.2. The minimum absolute atomic E-state index is 0.0497. The standard InChI is InChI=1S/C11H12BrNO4/c12-5-9(14)3-6-1-7(4-8(13)2-6)10(15)11(16)17/h1-2,4,10,15H,3,5,13H2,(H,16,17). The van der Waals surface area contributed by atoms with E-state index in [4.69, 9.17) is 10.8 Å². The first-order valence-corrected chi connectivity index (χ1v) is 5.94. The molecule has 0 saturated carbocycles. The summed E-state index contributed by atoms with van der Waals surface area (Å²) in [5.74, 6) is -1.40. The molecule has 1 rings (SSSR count). The zero-order valence-corrected chi connectivity index (χ0v) is 10.5. The van der Waals surface area contributed by atoms with Crippen LogP contribution < -0.4 is 5.73 Å². The Morgan fingerprint density at radius 1 is 1.35 bits per heavy atom. The highest BCUT2D eigenvalue weighted by atomic mass is 79.9. The molecule has 0 spiro atoms. The molecule has 17 heavy (non-hydrogen) atoms. The third kappa shape index (κ3) is 3.83. The number of carbonyl (C=O) groups excluding carboxylic acids is 1. The molecule has 0 aliphatic carbocycles. The summed E-state index contributed by atoms with van der Waals surface area (Å²) >= 11 is 3.04. The number of alkyl halides is 1. The number of hydrogen-bond acceptors (Lipinski definition) is 4. The molecule has 0 heterocycles. The number of rotatable bonds is 5. The van der Waals surface area contributed by atoms with Gasteiger partial charge in [0.25, 0.3) is 0 Å². The van der Waals surface area contributed by atoms with Gasteiger partial charge in [0, 0.05) is 12.1 Å². The van der Waals surface area contributed by atoms with Gasteiger partial charge in [0.1, 0.15) is 5.78 Å². The molecule has 1 aromatic carbocycles. The maximum absolute atomic E-state index is 11.2. The molecule has 0 aliphatic heterocycles. The van der Waals surface area contributed by atoms with E-state index in [2.05, 4.69) is 15.9 Å². The molecule has 0 aromatic heterocycles. The largest absolute Gasteiger partial charge is 0.479 e. The molecule has 4 N–H and O–H groups in total. The molecule has 0 amide bonds. The van der Waals surface area contributed by atoms with Crippen molar-refractivity contribution in [1.29, 1.82) is 0 Å². The smallest absolute Gasteiger partial charge is 0.337 e. The molecule has 0 aliphatic rings. The van der Waals surface area contributed by atoms with Crippen LogP contribution in [0, 0.1) is 0 Å². The van der Waals surface area contributed by atoms with Crippen LogP contribution in [0.25, 0.3) is 0 Å². The van der Waals surface area contributed by atoms with Crippen LogP contribution in [-0.2, 0) is 16.0 Å². The molecule has 6 heteroatoms. The molecule has 0 radical (unpaired) electrons. The fourth-order valence-corrected chi connectivity index (χ4v) is 1.62. The summed E-state index contributed by atoms with van der Waals surface area (Å²) in [5.41, 5.74) is 6.67. The van der Waals surface area contributed by atoms with Crippen LogP contribution in [0.5, 0.6) is 0 Å².